The molecular formula is C13H17NO2S. The molecule has 1 heterocycles. The van der Waals surface area contributed by atoms with E-state index in [4.69, 9.17) is 9.47 Å². The zero-order valence-corrected chi connectivity index (χ0v) is 11.2. The van der Waals surface area contributed by atoms with Crippen LogP contribution >= 0.6 is 11.3 Å². The zero-order chi connectivity index (χ0) is 12.3. The van der Waals surface area contributed by atoms with Crippen molar-refractivity contribution >= 4 is 21.6 Å². The van der Waals surface area contributed by atoms with E-state index in [1.54, 1.807) is 11.3 Å². The summed E-state index contributed by atoms with van der Waals surface area (Å²) in [5, 5.41) is 0.901. The molecule has 0 N–H and O–H groups in total. The topological polar surface area (TPSA) is 31.4 Å². The van der Waals surface area contributed by atoms with Crippen LogP contribution in [0.3, 0.4) is 0 Å². The van der Waals surface area contributed by atoms with Crippen molar-refractivity contribution in [2.75, 3.05) is 13.2 Å². The number of thiazole rings is 1. The molecule has 0 fully saturated rings. The molecule has 0 aliphatic carbocycles. The average Bonchev–Trinajstić information content (AvgIpc) is 2.74. The fourth-order valence-electron chi connectivity index (χ4n) is 1.70. The number of rotatable bonds is 5. The summed E-state index contributed by atoms with van der Waals surface area (Å²) >= 11 is 1.64. The molecule has 0 radical (unpaired) electrons. The van der Waals surface area contributed by atoms with E-state index >= 15 is 0 Å². The summed E-state index contributed by atoms with van der Waals surface area (Å²) in [6, 6.07) is 6.20. The highest BCUT2D eigenvalue weighted by Crippen LogP contribution is 2.30. The maximum Gasteiger partial charge on any atom is 0.210 e. The number of nitrogens with zero attached hydrogens (tertiary/aromatic N) is 1. The van der Waals surface area contributed by atoms with Gasteiger partial charge < -0.3 is 9.47 Å². The maximum atomic E-state index is 5.56. The van der Waals surface area contributed by atoms with Crippen LogP contribution in [0.5, 0.6) is 0 Å². The summed E-state index contributed by atoms with van der Waals surface area (Å²) in [4.78, 5) is 4.62. The van der Waals surface area contributed by atoms with Crippen molar-refractivity contribution in [2.24, 2.45) is 0 Å². The third-order valence-corrected chi connectivity index (χ3v) is 3.52. The Morgan fingerprint density at radius 2 is 1.94 bits per heavy atom. The Hall–Kier alpha value is -0.970. The summed E-state index contributed by atoms with van der Waals surface area (Å²) in [5.74, 6) is 0. The Balaban J connectivity index is 2.36. The van der Waals surface area contributed by atoms with Crippen molar-refractivity contribution in [1.29, 1.82) is 0 Å². The molecule has 2 aromatic rings. The molecule has 0 aliphatic rings. The van der Waals surface area contributed by atoms with Gasteiger partial charge in [0.2, 0.25) is 6.29 Å². The molecule has 2 rings (SSSR count). The maximum absolute atomic E-state index is 5.56. The lowest BCUT2D eigenvalue weighted by Gasteiger charge is -2.13. The van der Waals surface area contributed by atoms with Crippen LogP contribution in [0.4, 0.5) is 0 Å². The van der Waals surface area contributed by atoms with E-state index < -0.39 is 0 Å². The van der Waals surface area contributed by atoms with Gasteiger partial charge in [-0.1, -0.05) is 12.1 Å². The van der Waals surface area contributed by atoms with Gasteiger partial charge in [0.25, 0.3) is 0 Å². The minimum Gasteiger partial charge on any atom is -0.347 e. The lowest BCUT2D eigenvalue weighted by atomic mass is 10.2. The molecule has 0 aliphatic heterocycles. The number of hydrogen-bond acceptors (Lipinski definition) is 4. The SMILES string of the molecule is CCOC(OCC)c1nc2c(C)cccc2s1. The summed E-state index contributed by atoms with van der Waals surface area (Å²) in [7, 11) is 0. The fourth-order valence-corrected chi connectivity index (χ4v) is 2.74. The van der Waals surface area contributed by atoms with Crippen molar-refractivity contribution in [2.45, 2.75) is 27.1 Å². The summed E-state index contributed by atoms with van der Waals surface area (Å²) < 4.78 is 12.3. The minimum atomic E-state index is -0.332. The van der Waals surface area contributed by atoms with E-state index in [1.165, 1.54) is 10.3 Å². The van der Waals surface area contributed by atoms with Gasteiger partial charge in [-0.3, -0.25) is 0 Å². The minimum absolute atomic E-state index is 0.332. The molecule has 0 amide bonds. The highest BCUT2D eigenvalue weighted by atomic mass is 32.1. The molecule has 17 heavy (non-hydrogen) atoms. The van der Waals surface area contributed by atoms with Crippen LogP contribution in [0.15, 0.2) is 18.2 Å². The van der Waals surface area contributed by atoms with Crippen LogP contribution in [0, 0.1) is 6.92 Å². The van der Waals surface area contributed by atoms with Crippen molar-refractivity contribution in [1.82, 2.24) is 4.98 Å². The number of aromatic nitrogens is 1. The first-order chi connectivity index (χ1) is 8.26. The number of ether oxygens (including phenoxy) is 2. The molecule has 0 atom stereocenters. The molecule has 1 aromatic carbocycles. The standard InChI is InChI=1S/C13H17NO2S/c1-4-15-13(16-5-2)12-14-11-9(3)7-6-8-10(11)17-12/h6-8,13H,4-5H2,1-3H3. The van der Waals surface area contributed by atoms with Gasteiger partial charge in [-0.05, 0) is 32.4 Å². The van der Waals surface area contributed by atoms with Gasteiger partial charge in [-0.2, -0.15) is 0 Å². The number of hydrogen-bond donors (Lipinski definition) is 0. The van der Waals surface area contributed by atoms with Crippen molar-refractivity contribution in [3.05, 3.63) is 28.8 Å². The molecule has 0 saturated carbocycles. The number of fused-ring (bicyclic) bond motifs is 1. The first-order valence-corrected chi connectivity index (χ1v) is 6.67. The smallest absolute Gasteiger partial charge is 0.210 e. The van der Waals surface area contributed by atoms with Gasteiger partial charge in [-0.25, -0.2) is 4.98 Å². The van der Waals surface area contributed by atoms with Crippen molar-refractivity contribution < 1.29 is 9.47 Å². The molecule has 0 saturated heterocycles. The van der Waals surface area contributed by atoms with Crippen LogP contribution < -0.4 is 0 Å². The van der Waals surface area contributed by atoms with Gasteiger partial charge >= 0.3 is 0 Å². The predicted molar refractivity (Wildman–Crippen MR) is 70.4 cm³/mol. The van der Waals surface area contributed by atoms with E-state index in [0.29, 0.717) is 13.2 Å². The van der Waals surface area contributed by atoms with Crippen LogP contribution in [0.2, 0.25) is 0 Å². The summed E-state index contributed by atoms with van der Waals surface area (Å²) in [6.45, 7) is 7.25. The molecule has 3 nitrogen and oxygen atoms in total. The number of benzene rings is 1. The summed E-state index contributed by atoms with van der Waals surface area (Å²) in [5.41, 5.74) is 2.24. The monoisotopic (exact) mass is 251 g/mol. The lowest BCUT2D eigenvalue weighted by Crippen LogP contribution is -2.08. The molecule has 4 heteroatoms. The van der Waals surface area contributed by atoms with Crippen LogP contribution in [-0.4, -0.2) is 18.2 Å². The van der Waals surface area contributed by atoms with Crippen LogP contribution in [0.1, 0.15) is 30.7 Å². The van der Waals surface area contributed by atoms with E-state index in [-0.39, 0.29) is 6.29 Å². The van der Waals surface area contributed by atoms with Gasteiger partial charge in [0.1, 0.15) is 0 Å². The second-order valence-electron chi connectivity index (χ2n) is 3.72. The largest absolute Gasteiger partial charge is 0.347 e. The normalized spacial score (nSPS) is 11.5. The second-order valence-corrected chi connectivity index (χ2v) is 4.78. The lowest BCUT2D eigenvalue weighted by molar-refractivity contribution is -0.140. The van der Waals surface area contributed by atoms with Crippen LogP contribution in [-0.2, 0) is 9.47 Å². The van der Waals surface area contributed by atoms with E-state index in [9.17, 15) is 0 Å². The van der Waals surface area contributed by atoms with E-state index in [0.717, 1.165) is 10.5 Å². The molecule has 1 aromatic heterocycles. The Morgan fingerprint density at radius 3 is 2.53 bits per heavy atom. The Kier molecular flexibility index (Phi) is 4.10. The summed E-state index contributed by atoms with van der Waals surface area (Å²) in [6.07, 6.45) is -0.332. The van der Waals surface area contributed by atoms with E-state index in [2.05, 4.69) is 30.1 Å². The molecular weight excluding hydrogens is 234 g/mol. The first kappa shape index (κ1) is 12.5. The zero-order valence-electron chi connectivity index (χ0n) is 10.4. The fraction of sp³-hybridized carbons (Fsp3) is 0.462. The van der Waals surface area contributed by atoms with Gasteiger partial charge in [0, 0.05) is 13.2 Å². The number of aryl methyl sites for hydroxylation is 1. The van der Waals surface area contributed by atoms with Gasteiger partial charge in [0.15, 0.2) is 5.01 Å². The van der Waals surface area contributed by atoms with Crippen molar-refractivity contribution in [3.63, 3.8) is 0 Å². The Labute approximate surface area is 105 Å². The van der Waals surface area contributed by atoms with Gasteiger partial charge in [0.05, 0.1) is 10.2 Å². The van der Waals surface area contributed by atoms with Crippen LogP contribution in [0.25, 0.3) is 10.2 Å². The molecule has 92 valence electrons. The Morgan fingerprint density at radius 1 is 1.24 bits per heavy atom. The van der Waals surface area contributed by atoms with Crippen molar-refractivity contribution in [3.8, 4) is 0 Å². The quantitative estimate of drug-likeness (QED) is 0.760. The second kappa shape index (κ2) is 5.58. The molecule has 0 spiro atoms. The average molecular weight is 251 g/mol. The highest BCUT2D eigenvalue weighted by Gasteiger charge is 2.17. The highest BCUT2D eigenvalue weighted by molar-refractivity contribution is 7.18. The third kappa shape index (κ3) is 2.65. The van der Waals surface area contributed by atoms with E-state index in [1.807, 2.05) is 13.8 Å². The third-order valence-electron chi connectivity index (χ3n) is 2.47. The van der Waals surface area contributed by atoms with Gasteiger partial charge in [-0.15, -0.1) is 11.3 Å². The molecule has 0 unspecified atom stereocenters. The number of para-hydroxylation sites is 1. The first-order valence-electron chi connectivity index (χ1n) is 5.85. The molecule has 0 bridgehead atoms. The predicted octanol–water partition coefficient (Wildman–Crippen LogP) is 3.68. The Bertz CT molecular complexity index is 489.